The van der Waals surface area contributed by atoms with Crippen LogP contribution < -0.4 is 5.73 Å². The van der Waals surface area contributed by atoms with Crippen LogP contribution in [0.3, 0.4) is 0 Å². The maximum absolute atomic E-state index is 12.0. The van der Waals surface area contributed by atoms with Gasteiger partial charge in [0.15, 0.2) is 0 Å². The SMILES string of the molecule is CSCC[C@H](N)C(=O)N(C)Cc1ccccc1O. The summed E-state index contributed by atoms with van der Waals surface area (Å²) in [6.45, 7) is 0.373. The number of amides is 1. The first-order valence-electron chi connectivity index (χ1n) is 5.82. The summed E-state index contributed by atoms with van der Waals surface area (Å²) < 4.78 is 0. The van der Waals surface area contributed by atoms with Crippen LogP contribution in [0.2, 0.25) is 0 Å². The molecule has 100 valence electrons. The third kappa shape index (κ3) is 4.23. The number of para-hydroxylation sites is 1. The van der Waals surface area contributed by atoms with E-state index in [1.165, 1.54) is 0 Å². The average Bonchev–Trinajstić information content (AvgIpc) is 2.37. The number of benzene rings is 1. The molecule has 1 aromatic carbocycles. The van der Waals surface area contributed by atoms with Gasteiger partial charge in [-0.05, 0) is 24.5 Å². The standard InChI is InChI=1S/C13H20N2O2S/c1-15(13(17)11(14)7-8-18-2)9-10-5-3-4-6-12(10)16/h3-6,11,16H,7-9,14H2,1-2H3/t11-/m0/s1. The van der Waals surface area contributed by atoms with Gasteiger partial charge in [0.1, 0.15) is 5.75 Å². The zero-order valence-corrected chi connectivity index (χ0v) is 11.6. The van der Waals surface area contributed by atoms with E-state index in [1.807, 2.05) is 12.3 Å². The maximum atomic E-state index is 12.0. The summed E-state index contributed by atoms with van der Waals surface area (Å²) in [5.74, 6) is 0.985. The molecule has 0 spiro atoms. The van der Waals surface area contributed by atoms with Gasteiger partial charge in [-0.1, -0.05) is 18.2 Å². The topological polar surface area (TPSA) is 66.6 Å². The van der Waals surface area contributed by atoms with Crippen molar-refractivity contribution in [1.29, 1.82) is 0 Å². The third-order valence-corrected chi connectivity index (χ3v) is 3.37. The molecule has 1 amide bonds. The van der Waals surface area contributed by atoms with Crippen molar-refractivity contribution in [3.8, 4) is 5.75 Å². The van der Waals surface area contributed by atoms with Crippen molar-refractivity contribution in [2.75, 3.05) is 19.1 Å². The smallest absolute Gasteiger partial charge is 0.239 e. The number of nitrogens with zero attached hydrogens (tertiary/aromatic N) is 1. The molecule has 0 aromatic heterocycles. The molecule has 0 saturated heterocycles. The highest BCUT2D eigenvalue weighted by atomic mass is 32.2. The highest BCUT2D eigenvalue weighted by molar-refractivity contribution is 7.98. The van der Waals surface area contributed by atoms with Crippen LogP contribution in [0.25, 0.3) is 0 Å². The van der Waals surface area contributed by atoms with E-state index in [9.17, 15) is 9.90 Å². The molecule has 3 N–H and O–H groups in total. The van der Waals surface area contributed by atoms with Crippen LogP contribution in [0.5, 0.6) is 5.75 Å². The van der Waals surface area contributed by atoms with Crippen LogP contribution in [0.15, 0.2) is 24.3 Å². The fraction of sp³-hybridized carbons (Fsp3) is 0.462. The van der Waals surface area contributed by atoms with E-state index < -0.39 is 6.04 Å². The first kappa shape index (κ1) is 14.9. The van der Waals surface area contributed by atoms with Crippen molar-refractivity contribution in [1.82, 2.24) is 4.90 Å². The number of carbonyl (C=O) groups excluding carboxylic acids is 1. The minimum Gasteiger partial charge on any atom is -0.508 e. The number of thioether (sulfide) groups is 1. The molecule has 4 nitrogen and oxygen atoms in total. The Balaban J connectivity index is 2.57. The largest absolute Gasteiger partial charge is 0.508 e. The number of rotatable bonds is 6. The summed E-state index contributed by atoms with van der Waals surface area (Å²) in [6, 6.07) is 6.54. The number of phenols is 1. The lowest BCUT2D eigenvalue weighted by atomic mass is 10.1. The summed E-state index contributed by atoms with van der Waals surface area (Å²) >= 11 is 1.67. The number of nitrogens with two attached hydrogens (primary N) is 1. The molecule has 1 rings (SSSR count). The Morgan fingerprint density at radius 3 is 2.78 bits per heavy atom. The summed E-state index contributed by atoms with van der Waals surface area (Å²) in [5.41, 5.74) is 6.56. The second-order valence-electron chi connectivity index (χ2n) is 4.21. The molecule has 0 fully saturated rings. The zero-order valence-electron chi connectivity index (χ0n) is 10.8. The van der Waals surface area contributed by atoms with E-state index in [4.69, 9.17) is 5.73 Å². The predicted molar refractivity (Wildman–Crippen MR) is 75.6 cm³/mol. The van der Waals surface area contributed by atoms with E-state index >= 15 is 0 Å². The van der Waals surface area contributed by atoms with Gasteiger partial charge in [-0.15, -0.1) is 0 Å². The molecular weight excluding hydrogens is 248 g/mol. The van der Waals surface area contributed by atoms with Crippen molar-refractivity contribution >= 4 is 17.7 Å². The van der Waals surface area contributed by atoms with Gasteiger partial charge in [0, 0.05) is 19.2 Å². The Labute approximate surface area is 112 Å². The van der Waals surface area contributed by atoms with Crippen LogP contribution in [0.4, 0.5) is 0 Å². The van der Waals surface area contributed by atoms with Gasteiger partial charge in [0.25, 0.3) is 0 Å². The van der Waals surface area contributed by atoms with Gasteiger partial charge in [-0.25, -0.2) is 0 Å². The highest BCUT2D eigenvalue weighted by Gasteiger charge is 2.18. The Kier molecular flexibility index (Phi) is 6.01. The van der Waals surface area contributed by atoms with Gasteiger partial charge in [-0.3, -0.25) is 4.79 Å². The van der Waals surface area contributed by atoms with Gasteiger partial charge in [0.05, 0.1) is 6.04 Å². The fourth-order valence-electron chi connectivity index (χ4n) is 1.63. The number of hydrogen-bond acceptors (Lipinski definition) is 4. The summed E-state index contributed by atoms with van der Waals surface area (Å²) in [4.78, 5) is 13.5. The highest BCUT2D eigenvalue weighted by Crippen LogP contribution is 2.17. The van der Waals surface area contributed by atoms with E-state index in [0.29, 0.717) is 13.0 Å². The molecule has 0 unspecified atom stereocenters. The second kappa shape index (κ2) is 7.28. The van der Waals surface area contributed by atoms with Gasteiger partial charge in [0.2, 0.25) is 5.91 Å². The second-order valence-corrected chi connectivity index (χ2v) is 5.20. The van der Waals surface area contributed by atoms with Crippen molar-refractivity contribution < 1.29 is 9.90 Å². The molecule has 1 aromatic rings. The summed E-state index contributed by atoms with van der Waals surface area (Å²) in [6.07, 6.45) is 2.66. The number of phenolic OH excluding ortho intramolecular Hbond substituents is 1. The first-order valence-corrected chi connectivity index (χ1v) is 7.22. The van der Waals surface area contributed by atoms with Crippen LogP contribution in [-0.4, -0.2) is 41.0 Å². The summed E-state index contributed by atoms with van der Waals surface area (Å²) in [7, 11) is 1.70. The first-order chi connectivity index (χ1) is 8.56. The van der Waals surface area contributed by atoms with Crippen LogP contribution in [-0.2, 0) is 11.3 Å². The van der Waals surface area contributed by atoms with Crippen molar-refractivity contribution in [3.05, 3.63) is 29.8 Å². The van der Waals surface area contributed by atoms with E-state index in [2.05, 4.69) is 0 Å². The Hall–Kier alpha value is -1.20. The Bertz CT molecular complexity index is 398. The minimum absolute atomic E-state index is 0.0905. The van der Waals surface area contributed by atoms with Gasteiger partial charge >= 0.3 is 0 Å². The van der Waals surface area contributed by atoms with E-state index in [-0.39, 0.29) is 11.7 Å². The Morgan fingerprint density at radius 2 is 2.17 bits per heavy atom. The van der Waals surface area contributed by atoms with Crippen LogP contribution in [0.1, 0.15) is 12.0 Å². The lowest BCUT2D eigenvalue weighted by molar-refractivity contribution is -0.131. The minimum atomic E-state index is -0.465. The van der Waals surface area contributed by atoms with Gasteiger partial charge in [-0.2, -0.15) is 11.8 Å². The van der Waals surface area contributed by atoms with Crippen molar-refractivity contribution in [3.63, 3.8) is 0 Å². The molecule has 0 saturated carbocycles. The maximum Gasteiger partial charge on any atom is 0.239 e. The van der Waals surface area contributed by atoms with E-state index in [1.54, 1.807) is 41.9 Å². The monoisotopic (exact) mass is 268 g/mol. The molecule has 0 bridgehead atoms. The van der Waals surface area contributed by atoms with Gasteiger partial charge < -0.3 is 15.7 Å². The predicted octanol–water partition coefficient (Wildman–Crippen LogP) is 1.43. The zero-order chi connectivity index (χ0) is 13.5. The third-order valence-electron chi connectivity index (χ3n) is 2.73. The number of hydrogen-bond donors (Lipinski definition) is 2. The molecule has 0 aliphatic heterocycles. The molecule has 0 aliphatic carbocycles. The van der Waals surface area contributed by atoms with Crippen LogP contribution >= 0.6 is 11.8 Å². The number of likely N-dealkylation sites (N-methyl/N-ethyl adjacent to an activating group) is 1. The molecular formula is C13H20N2O2S. The van der Waals surface area contributed by atoms with Crippen molar-refractivity contribution in [2.24, 2.45) is 5.73 Å². The van der Waals surface area contributed by atoms with Crippen molar-refractivity contribution in [2.45, 2.75) is 19.0 Å². The molecule has 0 radical (unpaired) electrons. The molecule has 0 heterocycles. The molecule has 5 heteroatoms. The molecule has 18 heavy (non-hydrogen) atoms. The van der Waals surface area contributed by atoms with E-state index in [0.717, 1.165) is 11.3 Å². The normalized spacial score (nSPS) is 12.2. The fourth-order valence-corrected chi connectivity index (χ4v) is 2.12. The quantitative estimate of drug-likeness (QED) is 0.819. The number of aromatic hydroxyl groups is 1. The molecule has 1 atom stereocenters. The Morgan fingerprint density at radius 1 is 1.50 bits per heavy atom. The lowest BCUT2D eigenvalue weighted by Gasteiger charge is -2.21. The summed E-state index contributed by atoms with van der Waals surface area (Å²) in [5, 5.41) is 9.65. The lowest BCUT2D eigenvalue weighted by Crippen LogP contribution is -2.41. The average molecular weight is 268 g/mol. The molecule has 0 aliphatic rings. The number of carbonyl (C=O) groups is 1. The van der Waals surface area contributed by atoms with Crippen LogP contribution in [0, 0.1) is 0 Å².